The van der Waals surface area contributed by atoms with E-state index >= 15 is 0 Å². The van der Waals surface area contributed by atoms with Gasteiger partial charge in [0.25, 0.3) is 0 Å². The number of nitrogens with one attached hydrogen (secondary N) is 1. The molecule has 1 N–H and O–H groups in total. The van der Waals surface area contributed by atoms with Crippen molar-refractivity contribution < 1.29 is 9.53 Å². The van der Waals surface area contributed by atoms with Gasteiger partial charge >= 0.3 is 0 Å². The predicted molar refractivity (Wildman–Crippen MR) is 53.5 cm³/mol. The summed E-state index contributed by atoms with van der Waals surface area (Å²) in [6.07, 6.45) is 0.547. The molecule has 2 unspecified atom stereocenters. The van der Waals surface area contributed by atoms with Crippen LogP contribution in [0.25, 0.3) is 0 Å². The molecule has 0 aliphatic heterocycles. The Balaban J connectivity index is 3.79. The van der Waals surface area contributed by atoms with E-state index in [1.54, 1.807) is 0 Å². The van der Waals surface area contributed by atoms with Gasteiger partial charge in [0.15, 0.2) is 0 Å². The summed E-state index contributed by atoms with van der Waals surface area (Å²) in [5, 5.41) is 11.3. The van der Waals surface area contributed by atoms with Crippen LogP contribution in [0.5, 0.6) is 0 Å². The van der Waals surface area contributed by atoms with Crippen molar-refractivity contribution in [2.45, 2.75) is 33.3 Å². The Kier molecular flexibility index (Phi) is 6.77. The molecule has 0 radical (unpaired) electrons. The molecule has 0 aromatic carbocycles. The fourth-order valence-electron chi connectivity index (χ4n) is 1.05. The summed E-state index contributed by atoms with van der Waals surface area (Å²) in [5.74, 6) is -0.745. The van der Waals surface area contributed by atoms with Crippen LogP contribution in [0.15, 0.2) is 0 Å². The van der Waals surface area contributed by atoms with E-state index in [9.17, 15) is 4.79 Å². The second-order valence-electron chi connectivity index (χ2n) is 3.10. The number of hydrogen-bond acceptors (Lipinski definition) is 3. The zero-order valence-electron chi connectivity index (χ0n) is 9.04. The second-order valence-corrected chi connectivity index (χ2v) is 3.10. The maximum Gasteiger partial charge on any atom is 0.237 e. The highest BCUT2D eigenvalue weighted by atomic mass is 16.5. The van der Waals surface area contributed by atoms with Crippen molar-refractivity contribution in [2.75, 3.05) is 13.2 Å². The number of hydrogen-bond donors (Lipinski definition) is 1. The van der Waals surface area contributed by atoms with Crippen LogP contribution in [0, 0.1) is 17.2 Å². The number of nitrogens with zero attached hydrogens (tertiary/aromatic N) is 1. The second kappa shape index (κ2) is 7.34. The van der Waals surface area contributed by atoms with Gasteiger partial charge in [-0.3, -0.25) is 4.79 Å². The van der Waals surface area contributed by atoms with E-state index in [2.05, 4.69) is 5.32 Å². The first kappa shape index (κ1) is 12.9. The normalized spacial score (nSPS) is 14.1. The molecule has 14 heavy (non-hydrogen) atoms. The maximum atomic E-state index is 11.3. The van der Waals surface area contributed by atoms with Crippen molar-refractivity contribution in [3.05, 3.63) is 0 Å². The third-order valence-corrected chi connectivity index (χ3v) is 1.90. The molecule has 0 fully saturated rings. The molecular formula is C10H18N2O2. The Bertz CT molecular complexity index is 211. The quantitative estimate of drug-likeness (QED) is 0.694. The molecular weight excluding hydrogens is 180 g/mol. The average molecular weight is 198 g/mol. The Morgan fingerprint density at radius 2 is 2.21 bits per heavy atom. The van der Waals surface area contributed by atoms with Crippen LogP contribution in [0.4, 0.5) is 0 Å². The SMILES string of the molecule is CCOC(C)CNC(=O)C(C#N)CC. The van der Waals surface area contributed by atoms with Crippen molar-refractivity contribution in [1.29, 1.82) is 5.26 Å². The number of amides is 1. The summed E-state index contributed by atoms with van der Waals surface area (Å²) in [6, 6.07) is 1.95. The molecule has 0 bridgehead atoms. The molecule has 1 amide bonds. The molecule has 4 heteroatoms. The van der Waals surface area contributed by atoms with E-state index in [4.69, 9.17) is 10.00 Å². The fourth-order valence-corrected chi connectivity index (χ4v) is 1.05. The topological polar surface area (TPSA) is 62.1 Å². The first-order valence-electron chi connectivity index (χ1n) is 4.94. The summed E-state index contributed by atoms with van der Waals surface area (Å²) in [6.45, 7) is 6.70. The third kappa shape index (κ3) is 4.83. The van der Waals surface area contributed by atoms with Crippen molar-refractivity contribution >= 4 is 5.91 Å². The van der Waals surface area contributed by atoms with Gasteiger partial charge < -0.3 is 10.1 Å². The van der Waals surface area contributed by atoms with E-state index < -0.39 is 5.92 Å². The van der Waals surface area contributed by atoms with Gasteiger partial charge in [0.05, 0.1) is 12.2 Å². The predicted octanol–water partition coefficient (Wildman–Crippen LogP) is 1.08. The largest absolute Gasteiger partial charge is 0.377 e. The van der Waals surface area contributed by atoms with Crippen molar-refractivity contribution in [1.82, 2.24) is 5.32 Å². The first-order chi connectivity index (χ1) is 6.65. The van der Waals surface area contributed by atoms with Crippen LogP contribution >= 0.6 is 0 Å². The van der Waals surface area contributed by atoms with Gasteiger partial charge in [-0.25, -0.2) is 0 Å². The highest BCUT2D eigenvalue weighted by molar-refractivity contribution is 5.80. The molecule has 0 saturated carbocycles. The summed E-state index contributed by atoms with van der Waals surface area (Å²) in [5.41, 5.74) is 0. The molecule has 0 saturated heterocycles. The number of carbonyl (C=O) groups is 1. The highest BCUT2D eigenvalue weighted by Gasteiger charge is 2.15. The molecule has 0 heterocycles. The van der Waals surface area contributed by atoms with E-state index in [-0.39, 0.29) is 12.0 Å². The Hall–Kier alpha value is -1.08. The number of rotatable bonds is 6. The van der Waals surface area contributed by atoms with Crippen LogP contribution < -0.4 is 5.32 Å². The lowest BCUT2D eigenvalue weighted by atomic mass is 10.1. The number of ether oxygens (including phenoxy) is 1. The molecule has 0 spiro atoms. The average Bonchev–Trinajstić information content (AvgIpc) is 2.17. The van der Waals surface area contributed by atoms with E-state index in [0.29, 0.717) is 19.6 Å². The molecule has 2 atom stereocenters. The van der Waals surface area contributed by atoms with Gasteiger partial charge in [-0.2, -0.15) is 5.26 Å². The molecule has 0 rings (SSSR count). The Morgan fingerprint density at radius 3 is 2.64 bits per heavy atom. The lowest BCUT2D eigenvalue weighted by Crippen LogP contribution is -2.35. The van der Waals surface area contributed by atoms with Crippen molar-refractivity contribution in [2.24, 2.45) is 5.92 Å². The summed E-state index contributed by atoms with van der Waals surface area (Å²) < 4.78 is 5.24. The summed E-state index contributed by atoms with van der Waals surface area (Å²) in [7, 11) is 0. The highest BCUT2D eigenvalue weighted by Crippen LogP contribution is 2.00. The van der Waals surface area contributed by atoms with Crippen LogP contribution in [0.3, 0.4) is 0 Å². The van der Waals surface area contributed by atoms with Crippen molar-refractivity contribution in [3.63, 3.8) is 0 Å². The zero-order valence-corrected chi connectivity index (χ0v) is 9.04. The molecule has 4 nitrogen and oxygen atoms in total. The molecule has 80 valence electrons. The molecule has 0 aliphatic carbocycles. The van der Waals surface area contributed by atoms with E-state index in [1.807, 2.05) is 26.8 Å². The number of carbonyl (C=O) groups excluding carboxylic acids is 1. The Labute approximate surface area is 85.2 Å². The standard InChI is InChI=1S/C10H18N2O2/c1-4-9(6-11)10(13)12-7-8(3)14-5-2/h8-9H,4-5,7H2,1-3H3,(H,12,13). The minimum absolute atomic E-state index is 0.000138. The lowest BCUT2D eigenvalue weighted by Gasteiger charge is -2.13. The Morgan fingerprint density at radius 1 is 1.57 bits per heavy atom. The molecule has 0 aliphatic rings. The van der Waals surface area contributed by atoms with Crippen LogP contribution in [0.2, 0.25) is 0 Å². The van der Waals surface area contributed by atoms with Gasteiger partial charge in [0.2, 0.25) is 5.91 Å². The van der Waals surface area contributed by atoms with Crippen LogP contribution in [-0.2, 0) is 9.53 Å². The van der Waals surface area contributed by atoms with E-state index in [1.165, 1.54) is 0 Å². The van der Waals surface area contributed by atoms with Crippen molar-refractivity contribution in [3.8, 4) is 6.07 Å². The van der Waals surface area contributed by atoms with Gasteiger partial charge in [0, 0.05) is 13.2 Å². The zero-order chi connectivity index (χ0) is 11.0. The minimum atomic E-state index is -0.538. The minimum Gasteiger partial charge on any atom is -0.377 e. The van der Waals surface area contributed by atoms with E-state index in [0.717, 1.165) is 0 Å². The first-order valence-corrected chi connectivity index (χ1v) is 4.94. The molecule has 0 aromatic rings. The number of nitriles is 1. The molecule has 0 aromatic heterocycles. The van der Waals surface area contributed by atoms with Crippen LogP contribution in [0.1, 0.15) is 27.2 Å². The van der Waals surface area contributed by atoms with Gasteiger partial charge in [-0.1, -0.05) is 6.92 Å². The monoisotopic (exact) mass is 198 g/mol. The smallest absolute Gasteiger partial charge is 0.237 e. The van der Waals surface area contributed by atoms with Gasteiger partial charge in [0.1, 0.15) is 5.92 Å². The summed E-state index contributed by atoms with van der Waals surface area (Å²) in [4.78, 5) is 11.3. The van der Waals surface area contributed by atoms with Gasteiger partial charge in [-0.15, -0.1) is 0 Å². The lowest BCUT2D eigenvalue weighted by molar-refractivity contribution is -0.124. The van der Waals surface area contributed by atoms with Gasteiger partial charge in [-0.05, 0) is 20.3 Å². The third-order valence-electron chi connectivity index (χ3n) is 1.90. The fraction of sp³-hybridized carbons (Fsp3) is 0.800. The maximum absolute atomic E-state index is 11.3. The van der Waals surface area contributed by atoms with Crippen LogP contribution in [-0.4, -0.2) is 25.2 Å². The summed E-state index contributed by atoms with van der Waals surface area (Å²) >= 11 is 0.